The average Bonchev–Trinajstić information content (AvgIpc) is 2.66. The first-order chi connectivity index (χ1) is 8.06. The van der Waals surface area contributed by atoms with Crippen LogP contribution in [0.5, 0.6) is 0 Å². The number of aliphatic carboxylic acids is 1. The van der Waals surface area contributed by atoms with E-state index in [4.69, 9.17) is 5.11 Å². The lowest BCUT2D eigenvalue weighted by Crippen LogP contribution is -2.46. The summed E-state index contributed by atoms with van der Waals surface area (Å²) in [5.41, 5.74) is 0. The highest BCUT2D eigenvalue weighted by atomic mass is 16.4. The van der Waals surface area contributed by atoms with Gasteiger partial charge in [0.15, 0.2) is 0 Å². The van der Waals surface area contributed by atoms with Gasteiger partial charge in [0.25, 0.3) is 0 Å². The highest BCUT2D eigenvalue weighted by Crippen LogP contribution is 2.17. The Labute approximate surface area is 99.8 Å². The standard InChI is InChI=1S/C10H19N3O4/c1-11-3-2-4-12-10(17)13-6-7(14)5-8(13)9(15)16/h7-8,11,14H,2-6H2,1H3,(H,12,17)(H,15,16)/t7?,8-/m0/s1. The Bertz CT molecular complexity index is 285. The van der Waals surface area contributed by atoms with E-state index in [-0.39, 0.29) is 13.0 Å². The number of aliphatic hydroxyl groups is 1. The van der Waals surface area contributed by atoms with Crippen molar-refractivity contribution in [3.8, 4) is 0 Å². The number of hydrogen-bond acceptors (Lipinski definition) is 4. The fourth-order valence-corrected chi connectivity index (χ4v) is 1.83. The number of hydrogen-bond donors (Lipinski definition) is 4. The number of nitrogens with one attached hydrogen (secondary N) is 2. The first-order valence-corrected chi connectivity index (χ1v) is 5.66. The molecule has 0 aromatic rings. The molecule has 0 bridgehead atoms. The second-order valence-electron chi connectivity index (χ2n) is 4.08. The van der Waals surface area contributed by atoms with Crippen molar-refractivity contribution in [3.63, 3.8) is 0 Å². The molecule has 98 valence electrons. The molecule has 0 saturated carbocycles. The van der Waals surface area contributed by atoms with Gasteiger partial charge in [-0.3, -0.25) is 0 Å². The van der Waals surface area contributed by atoms with E-state index < -0.39 is 24.1 Å². The number of likely N-dealkylation sites (tertiary alicyclic amines) is 1. The Hall–Kier alpha value is -1.34. The molecular formula is C10H19N3O4. The maximum Gasteiger partial charge on any atom is 0.326 e. The number of urea groups is 1. The molecule has 17 heavy (non-hydrogen) atoms. The minimum absolute atomic E-state index is 0.0782. The van der Waals surface area contributed by atoms with E-state index in [9.17, 15) is 14.7 Å². The number of carbonyl (C=O) groups excluding carboxylic acids is 1. The number of nitrogens with zero attached hydrogens (tertiary/aromatic N) is 1. The predicted molar refractivity (Wildman–Crippen MR) is 60.7 cm³/mol. The summed E-state index contributed by atoms with van der Waals surface area (Å²) in [4.78, 5) is 23.8. The summed E-state index contributed by atoms with van der Waals surface area (Å²) < 4.78 is 0. The summed E-state index contributed by atoms with van der Waals surface area (Å²) in [5.74, 6) is -1.08. The lowest BCUT2D eigenvalue weighted by atomic mass is 10.2. The van der Waals surface area contributed by atoms with Gasteiger partial charge >= 0.3 is 12.0 Å². The van der Waals surface area contributed by atoms with Gasteiger partial charge in [-0.15, -0.1) is 0 Å². The van der Waals surface area contributed by atoms with Crippen LogP contribution in [-0.4, -0.2) is 65.9 Å². The van der Waals surface area contributed by atoms with Crippen LogP contribution in [-0.2, 0) is 4.79 Å². The first-order valence-electron chi connectivity index (χ1n) is 5.66. The predicted octanol–water partition coefficient (Wildman–Crippen LogP) is -1.17. The molecule has 0 aromatic carbocycles. The largest absolute Gasteiger partial charge is 0.480 e. The van der Waals surface area contributed by atoms with Gasteiger partial charge in [0.2, 0.25) is 0 Å². The van der Waals surface area contributed by atoms with E-state index >= 15 is 0 Å². The molecule has 0 aromatic heterocycles. The van der Waals surface area contributed by atoms with Gasteiger partial charge in [-0.2, -0.15) is 0 Å². The Kier molecular flexibility index (Phi) is 5.17. The molecule has 1 unspecified atom stereocenters. The minimum atomic E-state index is -1.08. The van der Waals surface area contributed by atoms with Gasteiger partial charge in [0.1, 0.15) is 6.04 Å². The van der Waals surface area contributed by atoms with Gasteiger partial charge in [-0.25, -0.2) is 9.59 Å². The topological polar surface area (TPSA) is 102 Å². The third-order valence-corrected chi connectivity index (χ3v) is 2.70. The van der Waals surface area contributed by atoms with Gasteiger partial charge < -0.3 is 25.7 Å². The molecule has 1 fully saturated rings. The van der Waals surface area contributed by atoms with Crippen LogP contribution in [0.25, 0.3) is 0 Å². The van der Waals surface area contributed by atoms with Gasteiger partial charge in [0.05, 0.1) is 6.10 Å². The fraction of sp³-hybridized carbons (Fsp3) is 0.800. The molecule has 0 aliphatic carbocycles. The molecule has 1 heterocycles. The minimum Gasteiger partial charge on any atom is -0.480 e. The highest BCUT2D eigenvalue weighted by Gasteiger charge is 2.38. The van der Waals surface area contributed by atoms with E-state index in [0.29, 0.717) is 6.54 Å². The van der Waals surface area contributed by atoms with E-state index in [1.54, 1.807) is 0 Å². The third kappa shape index (κ3) is 3.86. The monoisotopic (exact) mass is 245 g/mol. The van der Waals surface area contributed by atoms with E-state index in [0.717, 1.165) is 13.0 Å². The summed E-state index contributed by atoms with van der Waals surface area (Å²) in [7, 11) is 1.82. The summed E-state index contributed by atoms with van der Waals surface area (Å²) in [5, 5.41) is 23.9. The first kappa shape index (κ1) is 13.7. The second-order valence-corrected chi connectivity index (χ2v) is 4.08. The summed E-state index contributed by atoms with van der Waals surface area (Å²) in [6.07, 6.45) is 0.120. The van der Waals surface area contributed by atoms with Gasteiger partial charge in [-0.1, -0.05) is 0 Å². The molecule has 7 nitrogen and oxygen atoms in total. The van der Waals surface area contributed by atoms with Crippen molar-refractivity contribution in [1.82, 2.24) is 15.5 Å². The normalized spacial score (nSPS) is 23.8. The zero-order valence-electron chi connectivity index (χ0n) is 9.85. The van der Waals surface area contributed by atoms with E-state index in [2.05, 4.69) is 10.6 Å². The van der Waals surface area contributed by atoms with Crippen molar-refractivity contribution in [3.05, 3.63) is 0 Å². The Morgan fingerprint density at radius 2 is 2.12 bits per heavy atom. The van der Waals surface area contributed by atoms with Crippen molar-refractivity contribution >= 4 is 12.0 Å². The van der Waals surface area contributed by atoms with Crippen molar-refractivity contribution in [2.24, 2.45) is 0 Å². The third-order valence-electron chi connectivity index (χ3n) is 2.70. The number of aliphatic hydroxyl groups excluding tert-OH is 1. The quantitative estimate of drug-likeness (QED) is 0.457. The van der Waals surface area contributed by atoms with Gasteiger partial charge in [-0.05, 0) is 20.0 Å². The van der Waals surface area contributed by atoms with Crippen LogP contribution in [0.4, 0.5) is 4.79 Å². The number of carboxylic acids is 1. The van der Waals surface area contributed by atoms with Gasteiger partial charge in [0, 0.05) is 19.5 Å². The van der Waals surface area contributed by atoms with Crippen molar-refractivity contribution in [2.45, 2.75) is 25.0 Å². The maximum absolute atomic E-state index is 11.7. The SMILES string of the molecule is CNCCCNC(=O)N1CC(O)C[C@H]1C(=O)O. The Morgan fingerprint density at radius 1 is 1.41 bits per heavy atom. The lowest BCUT2D eigenvalue weighted by molar-refractivity contribution is -0.141. The zero-order chi connectivity index (χ0) is 12.8. The van der Waals surface area contributed by atoms with Crippen LogP contribution < -0.4 is 10.6 Å². The van der Waals surface area contributed by atoms with Crippen LogP contribution in [0.15, 0.2) is 0 Å². The summed E-state index contributed by atoms with van der Waals surface area (Å²) in [6.45, 7) is 1.35. The number of carbonyl (C=O) groups is 2. The molecule has 2 amide bonds. The number of rotatable bonds is 5. The molecule has 4 N–H and O–H groups in total. The van der Waals surface area contributed by atoms with Crippen LogP contribution in [0.1, 0.15) is 12.8 Å². The number of amides is 2. The average molecular weight is 245 g/mol. The molecule has 1 rings (SSSR count). The molecule has 2 atom stereocenters. The second kappa shape index (κ2) is 6.41. The van der Waals surface area contributed by atoms with Crippen molar-refractivity contribution in [1.29, 1.82) is 0 Å². The molecule has 7 heteroatoms. The fourth-order valence-electron chi connectivity index (χ4n) is 1.83. The van der Waals surface area contributed by atoms with Crippen LogP contribution in [0, 0.1) is 0 Å². The molecule has 1 saturated heterocycles. The highest BCUT2D eigenvalue weighted by molar-refractivity contribution is 5.83. The molecule has 0 spiro atoms. The van der Waals surface area contributed by atoms with Crippen molar-refractivity contribution in [2.75, 3.05) is 26.7 Å². The van der Waals surface area contributed by atoms with Crippen LogP contribution >= 0.6 is 0 Å². The molecule has 0 radical (unpaired) electrons. The molecular weight excluding hydrogens is 226 g/mol. The lowest BCUT2D eigenvalue weighted by Gasteiger charge is -2.21. The van der Waals surface area contributed by atoms with Crippen LogP contribution in [0.3, 0.4) is 0 Å². The smallest absolute Gasteiger partial charge is 0.326 e. The summed E-state index contributed by atoms with van der Waals surface area (Å²) >= 11 is 0. The van der Waals surface area contributed by atoms with Crippen LogP contribution in [0.2, 0.25) is 0 Å². The van der Waals surface area contributed by atoms with E-state index in [1.165, 1.54) is 4.90 Å². The molecule has 1 aliphatic rings. The zero-order valence-corrected chi connectivity index (χ0v) is 9.85. The molecule has 1 aliphatic heterocycles. The Balaban J connectivity index is 2.41. The van der Waals surface area contributed by atoms with Crippen molar-refractivity contribution < 1.29 is 19.8 Å². The maximum atomic E-state index is 11.7. The Morgan fingerprint density at radius 3 is 2.71 bits per heavy atom. The number of β-amino-alcohol motifs (C(OH)–C–C–N with tert-alkyl or cyclic N) is 1. The van der Waals surface area contributed by atoms with E-state index in [1.807, 2.05) is 7.05 Å². The summed E-state index contributed by atoms with van der Waals surface area (Å²) in [6, 6.07) is -1.35. The number of carboxylic acid groups (broad SMARTS) is 1.